The third kappa shape index (κ3) is 7.65. The lowest BCUT2D eigenvalue weighted by Gasteiger charge is -2.12. The minimum absolute atomic E-state index is 0.0148. The predicted molar refractivity (Wildman–Crippen MR) is 106 cm³/mol. The maximum absolute atomic E-state index is 11.9. The maximum Gasteiger partial charge on any atom is 0.311 e. The van der Waals surface area contributed by atoms with Gasteiger partial charge in [0.15, 0.2) is 0 Å². The van der Waals surface area contributed by atoms with Gasteiger partial charge >= 0.3 is 11.9 Å². The summed E-state index contributed by atoms with van der Waals surface area (Å²) in [6, 6.07) is 17.3. The summed E-state index contributed by atoms with van der Waals surface area (Å²) in [6.07, 6.45) is 4.13. The molecule has 0 saturated carbocycles. The fraction of sp³-hybridized carbons (Fsp3) is 0.391. The molecule has 27 heavy (non-hydrogen) atoms. The van der Waals surface area contributed by atoms with Crippen LogP contribution in [0.3, 0.4) is 0 Å². The Hall–Kier alpha value is -2.62. The minimum atomic E-state index is -0.432. The molecule has 0 saturated heterocycles. The Balaban J connectivity index is 1.73. The lowest BCUT2D eigenvalue weighted by Crippen LogP contribution is -2.17. The van der Waals surface area contributed by atoms with E-state index in [0.717, 1.165) is 36.8 Å². The zero-order chi connectivity index (χ0) is 19.5. The molecule has 0 heterocycles. The third-order valence-electron chi connectivity index (χ3n) is 4.27. The highest BCUT2D eigenvalue weighted by Gasteiger charge is 2.13. The van der Waals surface area contributed by atoms with Gasteiger partial charge in [-0.15, -0.1) is 0 Å². The normalized spacial score (nSPS) is 11.6. The van der Waals surface area contributed by atoms with E-state index in [1.54, 1.807) is 12.1 Å². The Labute approximate surface area is 161 Å². The Bertz CT molecular complexity index is 707. The van der Waals surface area contributed by atoms with Crippen LogP contribution in [0.4, 0.5) is 0 Å². The molecule has 0 spiro atoms. The number of unbranched alkanes of at least 4 members (excludes halogenated alkanes) is 2. The fourth-order valence-corrected chi connectivity index (χ4v) is 2.76. The molecule has 0 fully saturated rings. The highest BCUT2D eigenvalue weighted by molar-refractivity contribution is 5.79. The summed E-state index contributed by atoms with van der Waals surface area (Å²) in [4.78, 5) is 23.8. The molecule has 144 valence electrons. The first-order chi connectivity index (χ1) is 13.1. The highest BCUT2D eigenvalue weighted by Crippen LogP contribution is 2.22. The van der Waals surface area contributed by atoms with Crippen molar-refractivity contribution in [3.63, 3.8) is 0 Å². The van der Waals surface area contributed by atoms with Gasteiger partial charge in [-0.3, -0.25) is 9.59 Å². The largest absolute Gasteiger partial charge is 0.463 e. The van der Waals surface area contributed by atoms with Gasteiger partial charge in [-0.2, -0.15) is 0 Å². The highest BCUT2D eigenvalue weighted by atomic mass is 16.5. The van der Waals surface area contributed by atoms with E-state index in [1.165, 1.54) is 0 Å². The van der Waals surface area contributed by atoms with E-state index in [4.69, 9.17) is 9.47 Å². The van der Waals surface area contributed by atoms with Crippen molar-refractivity contribution in [2.24, 2.45) is 0 Å². The number of rotatable bonds is 10. The van der Waals surface area contributed by atoms with E-state index in [0.29, 0.717) is 5.75 Å². The maximum atomic E-state index is 11.9. The second-order valence-corrected chi connectivity index (χ2v) is 6.66. The van der Waals surface area contributed by atoms with Gasteiger partial charge in [0.1, 0.15) is 5.75 Å². The van der Waals surface area contributed by atoms with Crippen molar-refractivity contribution in [3.05, 3.63) is 54.6 Å². The molecule has 2 rings (SSSR count). The van der Waals surface area contributed by atoms with Crippen LogP contribution in [-0.2, 0) is 14.3 Å². The first-order valence-electron chi connectivity index (χ1n) is 9.64. The Morgan fingerprint density at radius 1 is 0.852 bits per heavy atom. The minimum Gasteiger partial charge on any atom is -0.463 e. The van der Waals surface area contributed by atoms with Crippen molar-refractivity contribution < 1.29 is 19.1 Å². The Kier molecular flexibility index (Phi) is 8.56. The SMILES string of the molecule is CCCCCC(C)OC(=O)CCC(=O)Oc1ccc(-c2ccccc2)cc1. The van der Waals surface area contributed by atoms with Gasteiger partial charge in [0, 0.05) is 0 Å². The molecule has 1 unspecified atom stereocenters. The zero-order valence-electron chi connectivity index (χ0n) is 16.1. The molecule has 0 bridgehead atoms. The third-order valence-corrected chi connectivity index (χ3v) is 4.27. The van der Waals surface area contributed by atoms with Crippen LogP contribution in [-0.4, -0.2) is 18.0 Å². The molecule has 0 aliphatic heterocycles. The van der Waals surface area contributed by atoms with Crippen molar-refractivity contribution in [3.8, 4) is 16.9 Å². The molecular formula is C23H28O4. The van der Waals surface area contributed by atoms with Crippen LogP contribution in [0, 0.1) is 0 Å². The number of carbonyl (C=O) groups is 2. The quantitative estimate of drug-likeness (QED) is 0.313. The van der Waals surface area contributed by atoms with Gasteiger partial charge in [0.25, 0.3) is 0 Å². The second-order valence-electron chi connectivity index (χ2n) is 6.66. The van der Waals surface area contributed by atoms with Gasteiger partial charge in [0.2, 0.25) is 0 Å². The van der Waals surface area contributed by atoms with Crippen LogP contribution in [0.5, 0.6) is 5.75 Å². The molecule has 0 aliphatic carbocycles. The van der Waals surface area contributed by atoms with Crippen LogP contribution >= 0.6 is 0 Å². The molecular weight excluding hydrogens is 340 g/mol. The number of hydrogen-bond acceptors (Lipinski definition) is 4. The Morgan fingerprint density at radius 3 is 2.15 bits per heavy atom. The van der Waals surface area contributed by atoms with Crippen LogP contribution < -0.4 is 4.74 Å². The predicted octanol–water partition coefficient (Wildman–Crippen LogP) is 5.55. The number of hydrogen-bond donors (Lipinski definition) is 0. The van der Waals surface area contributed by atoms with E-state index >= 15 is 0 Å². The Morgan fingerprint density at radius 2 is 1.48 bits per heavy atom. The van der Waals surface area contributed by atoms with Gasteiger partial charge < -0.3 is 9.47 Å². The van der Waals surface area contributed by atoms with Crippen molar-refractivity contribution in [2.45, 2.75) is 58.5 Å². The summed E-state index contributed by atoms with van der Waals surface area (Å²) >= 11 is 0. The summed E-state index contributed by atoms with van der Waals surface area (Å²) < 4.78 is 10.6. The molecule has 4 heteroatoms. The lowest BCUT2D eigenvalue weighted by atomic mass is 10.1. The van der Waals surface area contributed by atoms with Crippen molar-refractivity contribution >= 4 is 11.9 Å². The smallest absolute Gasteiger partial charge is 0.311 e. The van der Waals surface area contributed by atoms with Gasteiger partial charge in [-0.1, -0.05) is 62.2 Å². The van der Waals surface area contributed by atoms with Crippen LogP contribution in [0.2, 0.25) is 0 Å². The molecule has 2 aromatic rings. The van der Waals surface area contributed by atoms with E-state index in [1.807, 2.05) is 49.4 Å². The molecule has 0 amide bonds. The van der Waals surface area contributed by atoms with E-state index in [2.05, 4.69) is 6.92 Å². The molecule has 0 aliphatic rings. The standard InChI is InChI=1S/C23H28O4/c1-3-4-6-9-18(2)26-22(24)16-17-23(25)27-21-14-12-20(13-15-21)19-10-7-5-8-11-19/h5,7-8,10-15,18H,3-4,6,9,16-17H2,1-2H3. The van der Waals surface area contributed by atoms with E-state index in [9.17, 15) is 9.59 Å². The molecule has 0 aromatic heterocycles. The van der Waals surface area contributed by atoms with Crippen LogP contribution in [0.1, 0.15) is 52.4 Å². The molecule has 2 aromatic carbocycles. The fourth-order valence-electron chi connectivity index (χ4n) is 2.76. The number of benzene rings is 2. The molecule has 0 radical (unpaired) electrons. The zero-order valence-corrected chi connectivity index (χ0v) is 16.1. The average Bonchev–Trinajstić information content (AvgIpc) is 2.68. The van der Waals surface area contributed by atoms with Crippen molar-refractivity contribution in [2.75, 3.05) is 0 Å². The summed E-state index contributed by atoms with van der Waals surface area (Å²) in [5, 5.41) is 0. The first-order valence-corrected chi connectivity index (χ1v) is 9.64. The number of ether oxygens (including phenoxy) is 2. The molecule has 1 atom stereocenters. The first kappa shape index (κ1) is 20.7. The second kappa shape index (κ2) is 11.2. The summed E-state index contributed by atoms with van der Waals surface area (Å²) in [5.41, 5.74) is 2.15. The topological polar surface area (TPSA) is 52.6 Å². The van der Waals surface area contributed by atoms with Crippen LogP contribution in [0.25, 0.3) is 11.1 Å². The lowest BCUT2D eigenvalue weighted by molar-refractivity contribution is -0.151. The van der Waals surface area contributed by atoms with Crippen molar-refractivity contribution in [1.29, 1.82) is 0 Å². The summed E-state index contributed by atoms with van der Waals surface area (Å²) in [7, 11) is 0. The molecule has 4 nitrogen and oxygen atoms in total. The van der Waals surface area contributed by atoms with Gasteiger partial charge in [-0.05, 0) is 43.0 Å². The number of carbonyl (C=O) groups excluding carboxylic acids is 2. The van der Waals surface area contributed by atoms with Crippen molar-refractivity contribution in [1.82, 2.24) is 0 Å². The summed E-state index contributed by atoms with van der Waals surface area (Å²) in [5.74, 6) is -0.311. The number of esters is 2. The molecule has 0 N–H and O–H groups in total. The van der Waals surface area contributed by atoms with Crippen LogP contribution in [0.15, 0.2) is 54.6 Å². The van der Waals surface area contributed by atoms with E-state index in [-0.39, 0.29) is 24.9 Å². The van der Waals surface area contributed by atoms with E-state index < -0.39 is 5.97 Å². The monoisotopic (exact) mass is 368 g/mol. The summed E-state index contributed by atoms with van der Waals surface area (Å²) in [6.45, 7) is 4.03. The van der Waals surface area contributed by atoms with Gasteiger partial charge in [-0.25, -0.2) is 0 Å². The average molecular weight is 368 g/mol. The van der Waals surface area contributed by atoms with Gasteiger partial charge in [0.05, 0.1) is 18.9 Å².